The summed E-state index contributed by atoms with van der Waals surface area (Å²) in [5, 5.41) is 2.67. The predicted molar refractivity (Wildman–Crippen MR) is 65.6 cm³/mol. The Balaban J connectivity index is 2.46. The van der Waals surface area contributed by atoms with E-state index in [-0.39, 0.29) is 11.7 Å². The summed E-state index contributed by atoms with van der Waals surface area (Å²) >= 11 is 0. The van der Waals surface area contributed by atoms with E-state index in [1.54, 1.807) is 6.07 Å². The van der Waals surface area contributed by atoms with Crippen LogP contribution in [0.2, 0.25) is 0 Å². The minimum absolute atomic E-state index is 0.118. The smallest absolute Gasteiger partial charge is 0.232 e. The first-order valence-electron chi connectivity index (χ1n) is 5.54. The Kier molecular flexibility index (Phi) is 5.83. The quantitative estimate of drug-likeness (QED) is 0.791. The molecule has 0 saturated heterocycles. The highest BCUT2D eigenvalue weighted by atomic mass is 32.2. The fourth-order valence-corrected chi connectivity index (χ4v) is 2.25. The van der Waals surface area contributed by atoms with Crippen molar-refractivity contribution in [2.45, 2.75) is 24.7 Å². The third-order valence-corrected chi connectivity index (χ3v) is 3.48. The fourth-order valence-electron chi connectivity index (χ4n) is 1.27. The van der Waals surface area contributed by atoms with E-state index in [4.69, 9.17) is 0 Å². The molecule has 94 valence electrons. The molecule has 1 aromatic rings. The molecule has 0 heterocycles. The van der Waals surface area contributed by atoms with Crippen molar-refractivity contribution < 1.29 is 13.4 Å². The van der Waals surface area contributed by atoms with Gasteiger partial charge in [0.25, 0.3) is 0 Å². The van der Waals surface area contributed by atoms with Gasteiger partial charge < -0.3 is 5.32 Å². The summed E-state index contributed by atoms with van der Waals surface area (Å²) in [6.45, 7) is 2.62. The lowest BCUT2D eigenvalue weighted by Crippen LogP contribution is -2.29. The number of nitrogens with one attached hydrogen (secondary N) is 1. The molecule has 1 N–H and O–H groups in total. The molecule has 0 spiro atoms. The van der Waals surface area contributed by atoms with Crippen molar-refractivity contribution in [3.05, 3.63) is 30.1 Å². The molecule has 1 aromatic carbocycles. The maximum atomic E-state index is 12.9. The molecule has 0 saturated carbocycles. The van der Waals surface area contributed by atoms with Crippen molar-refractivity contribution in [1.29, 1.82) is 0 Å². The van der Waals surface area contributed by atoms with Crippen LogP contribution in [0.15, 0.2) is 29.2 Å². The molecule has 3 nitrogen and oxygen atoms in total. The lowest BCUT2D eigenvalue weighted by molar-refractivity contribution is -0.118. The highest BCUT2D eigenvalue weighted by Gasteiger charge is 2.10. The molecule has 0 aliphatic carbocycles. The van der Waals surface area contributed by atoms with Crippen molar-refractivity contribution in [2.24, 2.45) is 0 Å². The van der Waals surface area contributed by atoms with E-state index in [2.05, 4.69) is 5.32 Å². The summed E-state index contributed by atoms with van der Waals surface area (Å²) in [5.41, 5.74) is 0. The number of hydrogen-bond acceptors (Lipinski definition) is 2. The molecule has 0 aliphatic heterocycles. The summed E-state index contributed by atoms with van der Waals surface area (Å²) in [6.07, 6.45) is 1.89. The van der Waals surface area contributed by atoms with Gasteiger partial charge in [0, 0.05) is 11.4 Å². The second kappa shape index (κ2) is 7.17. The lowest BCUT2D eigenvalue weighted by atomic mass is 10.3. The molecule has 0 radical (unpaired) electrons. The van der Waals surface area contributed by atoms with Gasteiger partial charge in [0.05, 0.1) is 10.8 Å². The fraction of sp³-hybridized carbons (Fsp3) is 0.417. The maximum absolute atomic E-state index is 12.9. The van der Waals surface area contributed by atoms with Crippen LogP contribution in [0, 0.1) is 5.82 Å². The average Bonchev–Trinajstić information content (AvgIpc) is 2.29. The zero-order chi connectivity index (χ0) is 12.7. The van der Waals surface area contributed by atoms with Crippen molar-refractivity contribution in [2.75, 3.05) is 12.3 Å². The van der Waals surface area contributed by atoms with Crippen molar-refractivity contribution >= 4 is 16.7 Å². The van der Waals surface area contributed by atoms with Crippen molar-refractivity contribution in [3.63, 3.8) is 0 Å². The van der Waals surface area contributed by atoms with Gasteiger partial charge in [-0.3, -0.25) is 9.00 Å². The second-order valence-corrected chi connectivity index (χ2v) is 5.10. The number of rotatable bonds is 6. The van der Waals surface area contributed by atoms with E-state index in [1.165, 1.54) is 18.2 Å². The van der Waals surface area contributed by atoms with Crippen LogP contribution in [-0.2, 0) is 15.6 Å². The standard InChI is InChI=1S/C12H16FNO2S/c1-2-3-7-14-12(15)9-17(16)11-6-4-5-10(13)8-11/h4-6,8H,2-3,7,9H2,1H3,(H,14,15). The van der Waals surface area contributed by atoms with E-state index >= 15 is 0 Å². The lowest BCUT2D eigenvalue weighted by Gasteiger charge is -2.04. The van der Waals surface area contributed by atoms with E-state index in [1.807, 2.05) is 6.92 Å². The van der Waals surface area contributed by atoms with Gasteiger partial charge >= 0.3 is 0 Å². The number of carbonyl (C=O) groups excluding carboxylic acids is 1. The van der Waals surface area contributed by atoms with Gasteiger partial charge in [-0.15, -0.1) is 0 Å². The number of carbonyl (C=O) groups is 1. The normalized spacial score (nSPS) is 12.1. The molecule has 17 heavy (non-hydrogen) atoms. The maximum Gasteiger partial charge on any atom is 0.232 e. The van der Waals surface area contributed by atoms with Crippen LogP contribution in [0.1, 0.15) is 19.8 Å². The zero-order valence-corrected chi connectivity index (χ0v) is 10.6. The van der Waals surface area contributed by atoms with E-state index < -0.39 is 16.6 Å². The van der Waals surface area contributed by atoms with Crippen molar-refractivity contribution in [3.8, 4) is 0 Å². The third kappa shape index (κ3) is 5.08. The van der Waals surface area contributed by atoms with Gasteiger partial charge in [-0.25, -0.2) is 4.39 Å². The Morgan fingerprint density at radius 2 is 2.24 bits per heavy atom. The van der Waals surface area contributed by atoms with Crippen molar-refractivity contribution in [1.82, 2.24) is 5.32 Å². The molecular formula is C12H16FNO2S. The Labute approximate surface area is 103 Å². The topological polar surface area (TPSA) is 46.2 Å². The van der Waals surface area contributed by atoms with Gasteiger partial charge in [0.1, 0.15) is 11.6 Å². The first-order valence-corrected chi connectivity index (χ1v) is 6.86. The van der Waals surface area contributed by atoms with Crippen LogP contribution in [0.3, 0.4) is 0 Å². The number of amides is 1. The summed E-state index contributed by atoms with van der Waals surface area (Å²) in [7, 11) is -1.48. The molecule has 1 rings (SSSR count). The van der Waals surface area contributed by atoms with E-state index in [9.17, 15) is 13.4 Å². The molecule has 0 aromatic heterocycles. The number of halogens is 1. The van der Waals surface area contributed by atoms with Crippen LogP contribution in [0.5, 0.6) is 0 Å². The summed E-state index contributed by atoms with van der Waals surface area (Å²) in [4.78, 5) is 11.7. The Morgan fingerprint density at radius 3 is 2.88 bits per heavy atom. The number of unbranched alkanes of at least 4 members (excludes halogenated alkanes) is 1. The zero-order valence-electron chi connectivity index (χ0n) is 9.74. The van der Waals surface area contributed by atoms with Gasteiger partial charge in [-0.05, 0) is 24.6 Å². The van der Waals surface area contributed by atoms with Crippen LogP contribution in [-0.4, -0.2) is 22.4 Å². The summed E-state index contributed by atoms with van der Waals surface area (Å²) in [5.74, 6) is -0.823. The third-order valence-electron chi connectivity index (χ3n) is 2.17. The molecule has 0 bridgehead atoms. The minimum atomic E-state index is -1.48. The SMILES string of the molecule is CCCCNC(=O)CS(=O)c1cccc(F)c1. The molecule has 1 amide bonds. The number of hydrogen-bond donors (Lipinski definition) is 1. The first-order chi connectivity index (χ1) is 8.13. The first kappa shape index (κ1) is 13.8. The summed E-state index contributed by atoms with van der Waals surface area (Å²) < 4.78 is 24.6. The largest absolute Gasteiger partial charge is 0.355 e. The molecular weight excluding hydrogens is 241 g/mol. The van der Waals surface area contributed by atoms with Crippen LogP contribution in [0.25, 0.3) is 0 Å². The predicted octanol–water partition coefficient (Wildman–Crippen LogP) is 1.85. The number of benzene rings is 1. The monoisotopic (exact) mass is 257 g/mol. The van der Waals surface area contributed by atoms with Crippen LogP contribution in [0.4, 0.5) is 4.39 Å². The molecule has 0 aliphatic rings. The van der Waals surface area contributed by atoms with Gasteiger partial charge in [0.15, 0.2) is 0 Å². The Hall–Kier alpha value is -1.23. The second-order valence-electron chi connectivity index (χ2n) is 3.65. The molecule has 5 heteroatoms. The van der Waals surface area contributed by atoms with E-state index in [0.29, 0.717) is 11.4 Å². The molecule has 1 unspecified atom stereocenters. The highest BCUT2D eigenvalue weighted by Crippen LogP contribution is 2.08. The van der Waals surface area contributed by atoms with Gasteiger partial charge in [-0.2, -0.15) is 0 Å². The average molecular weight is 257 g/mol. The van der Waals surface area contributed by atoms with Crippen LogP contribution < -0.4 is 5.32 Å². The van der Waals surface area contributed by atoms with E-state index in [0.717, 1.165) is 12.8 Å². The molecule has 1 atom stereocenters. The highest BCUT2D eigenvalue weighted by molar-refractivity contribution is 7.85. The van der Waals surface area contributed by atoms with Gasteiger partial charge in [0.2, 0.25) is 5.91 Å². The molecule has 0 fully saturated rings. The Bertz CT molecular complexity index is 409. The summed E-state index contributed by atoms with van der Waals surface area (Å²) in [6, 6.07) is 5.51. The van der Waals surface area contributed by atoms with Crippen LogP contribution >= 0.6 is 0 Å². The van der Waals surface area contributed by atoms with Gasteiger partial charge in [-0.1, -0.05) is 19.4 Å². The minimum Gasteiger partial charge on any atom is -0.355 e. The Morgan fingerprint density at radius 1 is 1.47 bits per heavy atom.